The van der Waals surface area contributed by atoms with Crippen LogP contribution in [0.15, 0.2) is 102 Å². The van der Waals surface area contributed by atoms with Gasteiger partial charge in [0.05, 0.1) is 31.0 Å². The van der Waals surface area contributed by atoms with Gasteiger partial charge in [-0.2, -0.15) is 0 Å². The summed E-state index contributed by atoms with van der Waals surface area (Å²) >= 11 is 12.4. The quantitative estimate of drug-likeness (QED) is 0.134. The number of aliphatic imine (C=N–C) groups is 1. The molecule has 0 N–H and O–H groups in total. The molecule has 2 aliphatic rings. The molecule has 8 rings (SSSR count). The van der Waals surface area contributed by atoms with E-state index in [9.17, 15) is 4.79 Å². The first-order valence-corrected chi connectivity index (χ1v) is 18.0. The summed E-state index contributed by atoms with van der Waals surface area (Å²) < 4.78 is 14.3. The van der Waals surface area contributed by atoms with Gasteiger partial charge in [0.15, 0.2) is 11.5 Å². The Hall–Kier alpha value is -4.78. The lowest BCUT2D eigenvalue weighted by Crippen LogP contribution is -2.35. The number of ether oxygens (including phenoxy) is 2. The molecule has 0 aliphatic carbocycles. The molecule has 0 unspecified atom stereocenters. The number of aryl methyl sites for hydroxylation is 1. The van der Waals surface area contributed by atoms with Crippen LogP contribution in [0.4, 0.5) is 5.69 Å². The molecule has 5 aromatic carbocycles. The number of aromatic nitrogens is 1. The molecule has 6 nitrogen and oxygen atoms in total. The van der Waals surface area contributed by atoms with E-state index in [0.29, 0.717) is 29.4 Å². The summed E-state index contributed by atoms with van der Waals surface area (Å²) in [6.45, 7) is 2.19. The Bertz CT molecular complexity index is 2140. The number of nitrogens with zero attached hydrogens (tertiary/aromatic N) is 3. The number of carbonyl (C=O) groups is 1. The van der Waals surface area contributed by atoms with Crippen LogP contribution in [0.2, 0.25) is 10.0 Å². The molecular formula is C42H37Cl2N3O3. The lowest BCUT2D eigenvalue weighted by atomic mass is 10.0. The topological polar surface area (TPSA) is 56.1 Å². The summed E-state index contributed by atoms with van der Waals surface area (Å²) in [6, 6.07) is 33.2. The van der Waals surface area contributed by atoms with Crippen molar-refractivity contribution in [1.82, 2.24) is 9.47 Å². The fraction of sp³-hybridized carbons (Fsp3) is 0.238. The van der Waals surface area contributed by atoms with Gasteiger partial charge in [-0.05, 0) is 109 Å². The first-order chi connectivity index (χ1) is 24.5. The van der Waals surface area contributed by atoms with Crippen molar-refractivity contribution in [1.29, 1.82) is 0 Å². The molecule has 1 amide bonds. The highest BCUT2D eigenvalue weighted by Crippen LogP contribution is 2.39. The van der Waals surface area contributed by atoms with Crippen molar-refractivity contribution in [3.63, 3.8) is 0 Å². The molecule has 50 heavy (non-hydrogen) atoms. The molecule has 1 atom stereocenters. The smallest absolute Gasteiger partial charge is 0.256 e. The van der Waals surface area contributed by atoms with Gasteiger partial charge in [-0.3, -0.25) is 9.79 Å². The predicted molar refractivity (Wildman–Crippen MR) is 205 cm³/mol. The Labute approximate surface area is 301 Å². The molecule has 252 valence electrons. The van der Waals surface area contributed by atoms with Crippen LogP contribution in [0.3, 0.4) is 0 Å². The second-order valence-electron chi connectivity index (χ2n) is 13.0. The van der Waals surface area contributed by atoms with E-state index >= 15 is 0 Å². The van der Waals surface area contributed by atoms with Gasteiger partial charge >= 0.3 is 0 Å². The highest BCUT2D eigenvalue weighted by atomic mass is 35.5. The van der Waals surface area contributed by atoms with E-state index in [1.807, 2.05) is 41.4 Å². The minimum Gasteiger partial charge on any atom is -0.493 e. The predicted octanol–water partition coefficient (Wildman–Crippen LogP) is 11.0. The van der Waals surface area contributed by atoms with Crippen LogP contribution in [0.1, 0.15) is 42.5 Å². The molecule has 1 saturated heterocycles. The number of hydrogen-bond acceptors (Lipinski definition) is 4. The number of methoxy groups -OCH3 is 1. The molecule has 6 aromatic rings. The third-order valence-corrected chi connectivity index (χ3v) is 10.5. The van der Waals surface area contributed by atoms with Gasteiger partial charge in [-0.25, -0.2) is 0 Å². The van der Waals surface area contributed by atoms with Crippen LogP contribution in [-0.4, -0.2) is 47.9 Å². The first-order valence-electron chi connectivity index (χ1n) is 17.2. The van der Waals surface area contributed by atoms with E-state index in [4.69, 9.17) is 32.7 Å². The van der Waals surface area contributed by atoms with E-state index in [0.717, 1.165) is 77.5 Å². The summed E-state index contributed by atoms with van der Waals surface area (Å²) in [5.74, 6) is 1.19. The maximum atomic E-state index is 13.2. The highest BCUT2D eigenvalue weighted by molar-refractivity contribution is 6.31. The van der Waals surface area contributed by atoms with Crippen molar-refractivity contribution in [2.75, 3.05) is 20.3 Å². The third kappa shape index (κ3) is 6.23. The SMILES string of the molecule is COc1cc2c(cc1OCCCCCn1c3ccc(-c4ccc(Cl)cc4)cc3c3cc(-c4ccc(Cl)cc4)ccc31)N=C[C@@H]1CCCN1C2=O. The fourth-order valence-corrected chi connectivity index (χ4v) is 7.59. The number of rotatable bonds is 10. The molecule has 0 spiro atoms. The summed E-state index contributed by atoms with van der Waals surface area (Å²) in [5.41, 5.74) is 8.23. The Balaban J connectivity index is 0.998. The average Bonchev–Trinajstić information content (AvgIpc) is 3.71. The van der Waals surface area contributed by atoms with Crippen LogP contribution in [0.5, 0.6) is 11.5 Å². The van der Waals surface area contributed by atoms with Gasteiger partial charge < -0.3 is 18.9 Å². The zero-order chi connectivity index (χ0) is 34.2. The van der Waals surface area contributed by atoms with Crippen molar-refractivity contribution < 1.29 is 14.3 Å². The van der Waals surface area contributed by atoms with Crippen LogP contribution in [0, 0.1) is 0 Å². The number of carbonyl (C=O) groups excluding carboxylic acids is 1. The van der Waals surface area contributed by atoms with Crippen LogP contribution in [0.25, 0.3) is 44.1 Å². The van der Waals surface area contributed by atoms with Gasteiger partial charge in [0, 0.05) is 57.2 Å². The number of amides is 1. The Morgan fingerprint density at radius 3 is 1.98 bits per heavy atom. The molecule has 3 heterocycles. The minimum absolute atomic E-state index is 0.0114. The van der Waals surface area contributed by atoms with Gasteiger partial charge in [-0.15, -0.1) is 0 Å². The van der Waals surface area contributed by atoms with Crippen molar-refractivity contribution in [3.8, 4) is 33.8 Å². The number of halogens is 2. The van der Waals surface area contributed by atoms with Crippen LogP contribution in [-0.2, 0) is 6.54 Å². The van der Waals surface area contributed by atoms with E-state index in [2.05, 4.69) is 70.2 Å². The van der Waals surface area contributed by atoms with Crippen molar-refractivity contribution in [2.45, 2.75) is 44.7 Å². The molecule has 0 bridgehead atoms. The van der Waals surface area contributed by atoms with E-state index < -0.39 is 0 Å². The first kappa shape index (κ1) is 32.4. The summed E-state index contributed by atoms with van der Waals surface area (Å²) in [6.07, 6.45) is 6.73. The monoisotopic (exact) mass is 701 g/mol. The highest BCUT2D eigenvalue weighted by Gasteiger charge is 2.32. The Morgan fingerprint density at radius 2 is 1.36 bits per heavy atom. The molecule has 1 aromatic heterocycles. The van der Waals surface area contributed by atoms with E-state index in [1.165, 1.54) is 21.8 Å². The number of fused-ring (bicyclic) bond motifs is 5. The molecule has 8 heteroatoms. The molecule has 2 aliphatic heterocycles. The maximum Gasteiger partial charge on any atom is 0.256 e. The third-order valence-electron chi connectivity index (χ3n) is 9.96. The zero-order valence-electron chi connectivity index (χ0n) is 27.9. The molecular weight excluding hydrogens is 665 g/mol. The van der Waals surface area contributed by atoms with Crippen molar-refractivity contribution in [3.05, 3.63) is 113 Å². The van der Waals surface area contributed by atoms with Crippen LogP contribution >= 0.6 is 23.2 Å². The normalized spacial score (nSPS) is 15.4. The Kier molecular flexibility index (Phi) is 8.98. The van der Waals surface area contributed by atoms with Gasteiger partial charge in [0.25, 0.3) is 5.91 Å². The molecule has 0 radical (unpaired) electrons. The number of hydrogen-bond donors (Lipinski definition) is 0. The molecule has 0 saturated carbocycles. The largest absolute Gasteiger partial charge is 0.493 e. The second-order valence-corrected chi connectivity index (χ2v) is 13.9. The fourth-order valence-electron chi connectivity index (χ4n) is 7.34. The lowest BCUT2D eigenvalue weighted by Gasteiger charge is -2.20. The van der Waals surface area contributed by atoms with E-state index in [-0.39, 0.29) is 11.9 Å². The van der Waals surface area contributed by atoms with Crippen molar-refractivity contribution >= 4 is 62.8 Å². The number of benzene rings is 5. The summed E-state index contributed by atoms with van der Waals surface area (Å²) in [5, 5.41) is 3.91. The minimum atomic E-state index is 0.0114. The molecule has 1 fully saturated rings. The standard InChI is InChI=1S/C42H37Cl2N3O3/c1-49-40-24-36-37(45-26-33-6-5-20-46(33)42(36)48)25-41(40)50-21-4-2-3-19-47-38-17-11-29(27-7-13-31(43)14-8-27)22-34(38)35-23-30(12-18-39(35)47)28-9-15-32(44)16-10-28/h7-18,22-26,33H,2-6,19-21H2,1H3/t33-/m0/s1. The average molecular weight is 703 g/mol. The van der Waals surface area contributed by atoms with Crippen molar-refractivity contribution in [2.24, 2.45) is 4.99 Å². The maximum absolute atomic E-state index is 13.2. The summed E-state index contributed by atoms with van der Waals surface area (Å²) in [4.78, 5) is 19.8. The lowest BCUT2D eigenvalue weighted by molar-refractivity contribution is 0.0774. The summed E-state index contributed by atoms with van der Waals surface area (Å²) in [7, 11) is 1.61. The van der Waals surface area contributed by atoms with Gasteiger partial charge in [0.2, 0.25) is 0 Å². The van der Waals surface area contributed by atoms with Crippen LogP contribution < -0.4 is 9.47 Å². The van der Waals surface area contributed by atoms with Gasteiger partial charge in [-0.1, -0.05) is 59.6 Å². The second kappa shape index (κ2) is 13.9. The Morgan fingerprint density at radius 1 is 0.740 bits per heavy atom. The zero-order valence-corrected chi connectivity index (χ0v) is 29.4. The van der Waals surface area contributed by atoms with E-state index in [1.54, 1.807) is 13.2 Å². The van der Waals surface area contributed by atoms with Gasteiger partial charge in [0.1, 0.15) is 0 Å². The number of unbranched alkanes of at least 4 members (excludes halogenated alkanes) is 2.